The number of benzene rings is 1. The van der Waals surface area contributed by atoms with Crippen LogP contribution in [0.1, 0.15) is 31.2 Å². The molecule has 1 spiro atoms. The van der Waals surface area contributed by atoms with Crippen LogP contribution < -0.4 is 4.74 Å². The van der Waals surface area contributed by atoms with Crippen molar-refractivity contribution < 1.29 is 19.4 Å². The van der Waals surface area contributed by atoms with Gasteiger partial charge in [-0.25, -0.2) is 0 Å². The van der Waals surface area contributed by atoms with Crippen LogP contribution in [0, 0.1) is 0 Å². The van der Waals surface area contributed by atoms with Crippen LogP contribution in [0.2, 0.25) is 0 Å². The Morgan fingerprint density at radius 2 is 1.85 bits per heavy atom. The van der Waals surface area contributed by atoms with Crippen LogP contribution in [0.5, 0.6) is 5.75 Å². The third kappa shape index (κ3) is 4.03. The van der Waals surface area contributed by atoms with E-state index in [2.05, 4.69) is 17.0 Å². The average Bonchev–Trinajstić information content (AvgIpc) is 3.05. The van der Waals surface area contributed by atoms with Crippen LogP contribution in [0.4, 0.5) is 0 Å². The second kappa shape index (κ2) is 8.84. The molecule has 3 rings (SSSR count). The van der Waals surface area contributed by atoms with E-state index in [0.717, 1.165) is 51.1 Å². The Bertz CT molecular complexity index is 592. The number of nitrogens with zero attached hydrogens (tertiary/aromatic N) is 2. The molecule has 1 aromatic carbocycles. The predicted octanol–water partition coefficient (Wildman–Crippen LogP) is 1.66. The molecule has 6 nitrogen and oxygen atoms in total. The number of likely N-dealkylation sites (tertiary alicyclic amines) is 2. The number of carbonyl (C=O) groups excluding carboxylic acids is 1. The number of piperidine rings is 1. The van der Waals surface area contributed by atoms with Crippen LogP contribution in [0.3, 0.4) is 0 Å². The lowest BCUT2D eigenvalue weighted by Gasteiger charge is -2.44. The number of carbonyl (C=O) groups is 1. The first-order valence-corrected chi connectivity index (χ1v) is 9.55. The molecule has 2 fully saturated rings. The molecule has 144 valence electrons. The number of ether oxygens (including phenoxy) is 2. The van der Waals surface area contributed by atoms with E-state index in [0.29, 0.717) is 19.8 Å². The van der Waals surface area contributed by atoms with Gasteiger partial charge >= 0.3 is 0 Å². The minimum Gasteiger partial charge on any atom is -0.491 e. The summed E-state index contributed by atoms with van der Waals surface area (Å²) in [5.74, 6) is 1.04. The van der Waals surface area contributed by atoms with Crippen molar-refractivity contribution in [2.45, 2.75) is 37.8 Å². The molecule has 1 N–H and O–H groups in total. The van der Waals surface area contributed by atoms with Gasteiger partial charge in [-0.3, -0.25) is 9.69 Å². The fourth-order valence-electron chi connectivity index (χ4n) is 4.25. The summed E-state index contributed by atoms with van der Waals surface area (Å²) in [6.45, 7) is 4.19. The number of methoxy groups -OCH3 is 1. The van der Waals surface area contributed by atoms with Gasteiger partial charge in [-0.15, -0.1) is 0 Å². The maximum absolute atomic E-state index is 13.2. The van der Waals surface area contributed by atoms with E-state index in [1.807, 2.05) is 17.0 Å². The third-order valence-electron chi connectivity index (χ3n) is 5.55. The number of aliphatic hydroxyl groups is 1. The molecule has 0 saturated carbocycles. The maximum atomic E-state index is 13.2. The average molecular weight is 362 g/mol. The van der Waals surface area contributed by atoms with Gasteiger partial charge in [0.1, 0.15) is 17.9 Å². The molecule has 2 aliphatic heterocycles. The van der Waals surface area contributed by atoms with Crippen molar-refractivity contribution in [2.75, 3.05) is 46.6 Å². The van der Waals surface area contributed by atoms with Gasteiger partial charge in [-0.2, -0.15) is 0 Å². The van der Waals surface area contributed by atoms with E-state index in [1.54, 1.807) is 7.11 Å². The van der Waals surface area contributed by atoms with E-state index in [1.165, 1.54) is 5.56 Å². The Morgan fingerprint density at radius 1 is 1.12 bits per heavy atom. The summed E-state index contributed by atoms with van der Waals surface area (Å²) in [4.78, 5) is 17.6. The molecule has 1 atom stereocenters. The summed E-state index contributed by atoms with van der Waals surface area (Å²) < 4.78 is 10.6. The van der Waals surface area contributed by atoms with Crippen molar-refractivity contribution in [3.8, 4) is 5.75 Å². The monoisotopic (exact) mass is 362 g/mol. The van der Waals surface area contributed by atoms with Gasteiger partial charge in [0, 0.05) is 26.7 Å². The van der Waals surface area contributed by atoms with Crippen LogP contribution in [-0.2, 0) is 16.1 Å². The zero-order chi connectivity index (χ0) is 18.4. The molecule has 1 aromatic rings. The molecule has 2 heterocycles. The molecule has 6 heteroatoms. The van der Waals surface area contributed by atoms with Crippen molar-refractivity contribution in [2.24, 2.45) is 0 Å². The Kier molecular flexibility index (Phi) is 6.51. The highest BCUT2D eigenvalue weighted by atomic mass is 16.5. The van der Waals surface area contributed by atoms with Crippen molar-refractivity contribution >= 4 is 5.91 Å². The standard InChI is InChI=1S/C20H30N2O4/c1-25-14-12-21-10-2-8-20(19(21)24)9-3-11-22(20)16-17-4-6-18(7-5-17)26-15-13-23/h4-7,23H,2-3,8-16H2,1H3. The van der Waals surface area contributed by atoms with Gasteiger partial charge in [0.15, 0.2) is 0 Å². The fraction of sp³-hybridized carbons (Fsp3) is 0.650. The zero-order valence-corrected chi connectivity index (χ0v) is 15.7. The molecule has 1 amide bonds. The maximum Gasteiger partial charge on any atom is 0.243 e. The lowest BCUT2D eigenvalue weighted by Crippen LogP contribution is -2.60. The van der Waals surface area contributed by atoms with Gasteiger partial charge in [-0.05, 0) is 49.9 Å². The van der Waals surface area contributed by atoms with E-state index >= 15 is 0 Å². The summed E-state index contributed by atoms with van der Waals surface area (Å²) in [5.41, 5.74) is 0.849. The molecule has 26 heavy (non-hydrogen) atoms. The molecular weight excluding hydrogens is 332 g/mol. The number of amides is 1. The largest absolute Gasteiger partial charge is 0.491 e. The Hall–Kier alpha value is -1.63. The van der Waals surface area contributed by atoms with Gasteiger partial charge < -0.3 is 19.5 Å². The minimum absolute atomic E-state index is 0.0136. The van der Waals surface area contributed by atoms with Crippen LogP contribution >= 0.6 is 0 Å². The van der Waals surface area contributed by atoms with E-state index in [-0.39, 0.29) is 18.1 Å². The number of hydrogen-bond acceptors (Lipinski definition) is 5. The Morgan fingerprint density at radius 3 is 2.54 bits per heavy atom. The molecule has 2 saturated heterocycles. The van der Waals surface area contributed by atoms with Crippen molar-refractivity contribution in [3.63, 3.8) is 0 Å². The van der Waals surface area contributed by atoms with E-state index in [4.69, 9.17) is 14.6 Å². The topological polar surface area (TPSA) is 62.2 Å². The van der Waals surface area contributed by atoms with Crippen molar-refractivity contribution in [1.29, 1.82) is 0 Å². The molecule has 0 aromatic heterocycles. The van der Waals surface area contributed by atoms with Gasteiger partial charge in [0.05, 0.1) is 13.2 Å². The summed E-state index contributed by atoms with van der Waals surface area (Å²) in [6.07, 6.45) is 4.03. The Balaban J connectivity index is 1.68. The van der Waals surface area contributed by atoms with Crippen molar-refractivity contribution in [3.05, 3.63) is 29.8 Å². The highest BCUT2D eigenvalue weighted by molar-refractivity contribution is 5.87. The summed E-state index contributed by atoms with van der Waals surface area (Å²) in [6, 6.07) is 7.96. The minimum atomic E-state index is -0.335. The summed E-state index contributed by atoms with van der Waals surface area (Å²) in [5, 5.41) is 8.84. The first kappa shape index (κ1) is 19.1. The summed E-state index contributed by atoms with van der Waals surface area (Å²) >= 11 is 0. The molecule has 0 aliphatic carbocycles. The quantitative estimate of drug-likeness (QED) is 0.762. The molecule has 1 unspecified atom stereocenters. The van der Waals surface area contributed by atoms with Gasteiger partial charge in [0.25, 0.3) is 0 Å². The first-order valence-electron chi connectivity index (χ1n) is 9.55. The van der Waals surface area contributed by atoms with Crippen LogP contribution in [0.25, 0.3) is 0 Å². The highest BCUT2D eigenvalue weighted by Gasteiger charge is 2.50. The normalized spacial score (nSPS) is 23.8. The number of hydrogen-bond donors (Lipinski definition) is 1. The second-order valence-electron chi connectivity index (χ2n) is 7.16. The molecule has 0 bridgehead atoms. The van der Waals surface area contributed by atoms with E-state index in [9.17, 15) is 4.79 Å². The Labute approximate surface area is 155 Å². The lowest BCUT2D eigenvalue weighted by atomic mass is 9.85. The number of aliphatic hydroxyl groups excluding tert-OH is 1. The van der Waals surface area contributed by atoms with Gasteiger partial charge in [0.2, 0.25) is 5.91 Å². The third-order valence-corrected chi connectivity index (χ3v) is 5.55. The SMILES string of the molecule is COCCN1CCCC2(CCCN2Cc2ccc(OCCO)cc2)C1=O. The smallest absolute Gasteiger partial charge is 0.243 e. The molecule has 2 aliphatic rings. The van der Waals surface area contributed by atoms with E-state index < -0.39 is 0 Å². The fourth-order valence-corrected chi connectivity index (χ4v) is 4.25. The zero-order valence-electron chi connectivity index (χ0n) is 15.7. The number of rotatable bonds is 8. The summed E-state index contributed by atoms with van der Waals surface area (Å²) in [7, 11) is 1.68. The van der Waals surface area contributed by atoms with Gasteiger partial charge in [-0.1, -0.05) is 12.1 Å². The van der Waals surface area contributed by atoms with Crippen LogP contribution in [0.15, 0.2) is 24.3 Å². The van der Waals surface area contributed by atoms with Crippen molar-refractivity contribution in [1.82, 2.24) is 9.80 Å². The highest BCUT2D eigenvalue weighted by Crippen LogP contribution is 2.39. The second-order valence-corrected chi connectivity index (χ2v) is 7.16. The first-order chi connectivity index (χ1) is 12.7. The predicted molar refractivity (Wildman–Crippen MR) is 99.1 cm³/mol. The molecule has 0 radical (unpaired) electrons. The molecular formula is C20H30N2O4. The van der Waals surface area contributed by atoms with Crippen LogP contribution in [-0.4, -0.2) is 72.9 Å². The lowest BCUT2D eigenvalue weighted by molar-refractivity contribution is -0.148.